The summed E-state index contributed by atoms with van der Waals surface area (Å²) >= 11 is 7.97. The van der Waals surface area contributed by atoms with Gasteiger partial charge in [0.2, 0.25) is 0 Å². The standard InChI is InChI=1S/C22H21ClN4O3S/c1-13-15(3)31-21-19(13)22(29)26(12-24-21)10-9-18(28)30-11-17-14(2)25-27(20(17)23)16-7-5-4-6-8-16/h4-8,12H,9-11H2,1-3H3. The number of fused-ring (bicyclic) bond motifs is 1. The van der Waals surface area contributed by atoms with Crippen molar-refractivity contribution in [2.24, 2.45) is 0 Å². The predicted octanol–water partition coefficient (Wildman–Crippen LogP) is 4.36. The lowest BCUT2D eigenvalue weighted by atomic mass is 10.2. The molecule has 0 bridgehead atoms. The summed E-state index contributed by atoms with van der Waals surface area (Å²) in [6.07, 6.45) is 1.54. The molecule has 9 heteroatoms. The molecule has 0 radical (unpaired) electrons. The summed E-state index contributed by atoms with van der Waals surface area (Å²) in [6.45, 7) is 5.92. The van der Waals surface area contributed by atoms with Crippen LogP contribution in [0.25, 0.3) is 15.9 Å². The van der Waals surface area contributed by atoms with Crippen molar-refractivity contribution in [3.63, 3.8) is 0 Å². The first-order valence-corrected chi connectivity index (χ1v) is 11.0. The molecule has 160 valence electrons. The first-order chi connectivity index (χ1) is 14.9. The minimum atomic E-state index is -0.423. The maximum atomic E-state index is 12.7. The summed E-state index contributed by atoms with van der Waals surface area (Å²) in [5.74, 6) is -0.423. The molecular formula is C22H21ClN4O3S. The first kappa shape index (κ1) is 21.3. The zero-order valence-electron chi connectivity index (χ0n) is 17.4. The van der Waals surface area contributed by atoms with Gasteiger partial charge in [0.05, 0.1) is 29.5 Å². The molecule has 0 aliphatic rings. The van der Waals surface area contributed by atoms with Crippen LogP contribution in [0.15, 0.2) is 41.5 Å². The molecule has 0 fully saturated rings. The van der Waals surface area contributed by atoms with Gasteiger partial charge in [0.15, 0.2) is 0 Å². The number of aryl methyl sites for hydroxylation is 4. The van der Waals surface area contributed by atoms with Gasteiger partial charge < -0.3 is 4.74 Å². The van der Waals surface area contributed by atoms with Gasteiger partial charge in [-0.3, -0.25) is 14.2 Å². The third-order valence-corrected chi connectivity index (χ3v) is 6.72. The van der Waals surface area contributed by atoms with E-state index in [0.717, 1.165) is 21.0 Å². The van der Waals surface area contributed by atoms with E-state index >= 15 is 0 Å². The number of carbonyl (C=O) groups excluding carboxylic acids is 1. The number of halogens is 1. The van der Waals surface area contributed by atoms with Gasteiger partial charge in [-0.25, -0.2) is 9.67 Å². The SMILES string of the molecule is Cc1nn(-c2ccccc2)c(Cl)c1COC(=O)CCn1cnc2sc(C)c(C)c2c1=O. The van der Waals surface area contributed by atoms with Crippen molar-refractivity contribution in [3.05, 3.63) is 73.9 Å². The molecule has 0 unspecified atom stereocenters. The molecular weight excluding hydrogens is 436 g/mol. The Kier molecular flexibility index (Phi) is 5.93. The van der Waals surface area contributed by atoms with E-state index in [-0.39, 0.29) is 25.1 Å². The highest BCUT2D eigenvalue weighted by Crippen LogP contribution is 2.26. The minimum absolute atomic E-state index is 0.0192. The van der Waals surface area contributed by atoms with Crippen molar-refractivity contribution in [3.8, 4) is 5.69 Å². The van der Waals surface area contributed by atoms with Gasteiger partial charge >= 0.3 is 5.97 Å². The van der Waals surface area contributed by atoms with E-state index in [1.54, 1.807) is 4.68 Å². The zero-order valence-corrected chi connectivity index (χ0v) is 19.0. The second-order valence-electron chi connectivity index (χ2n) is 7.22. The molecule has 31 heavy (non-hydrogen) atoms. The smallest absolute Gasteiger partial charge is 0.307 e. The van der Waals surface area contributed by atoms with Crippen LogP contribution in [0.3, 0.4) is 0 Å². The van der Waals surface area contributed by atoms with E-state index in [9.17, 15) is 9.59 Å². The van der Waals surface area contributed by atoms with E-state index in [4.69, 9.17) is 16.3 Å². The van der Waals surface area contributed by atoms with Crippen molar-refractivity contribution in [2.45, 2.75) is 40.3 Å². The summed E-state index contributed by atoms with van der Waals surface area (Å²) in [7, 11) is 0. The average molecular weight is 457 g/mol. The maximum absolute atomic E-state index is 12.7. The summed E-state index contributed by atoms with van der Waals surface area (Å²) in [6, 6.07) is 9.50. The molecule has 0 saturated carbocycles. The molecule has 0 N–H and O–H groups in total. The van der Waals surface area contributed by atoms with Crippen LogP contribution in [0.4, 0.5) is 0 Å². The van der Waals surface area contributed by atoms with Crippen LogP contribution in [0.2, 0.25) is 5.15 Å². The highest BCUT2D eigenvalue weighted by Gasteiger charge is 2.17. The third kappa shape index (κ3) is 4.13. The average Bonchev–Trinajstić information content (AvgIpc) is 3.21. The van der Waals surface area contributed by atoms with Crippen LogP contribution < -0.4 is 5.56 Å². The summed E-state index contributed by atoms with van der Waals surface area (Å²) in [5, 5.41) is 5.47. The van der Waals surface area contributed by atoms with Crippen molar-refractivity contribution >= 4 is 39.1 Å². The van der Waals surface area contributed by atoms with Crippen LogP contribution >= 0.6 is 22.9 Å². The lowest BCUT2D eigenvalue weighted by Crippen LogP contribution is -2.22. The fourth-order valence-electron chi connectivity index (χ4n) is 3.30. The van der Waals surface area contributed by atoms with Crippen LogP contribution in [0.5, 0.6) is 0 Å². The largest absolute Gasteiger partial charge is 0.461 e. The maximum Gasteiger partial charge on any atom is 0.307 e. The van der Waals surface area contributed by atoms with E-state index in [1.165, 1.54) is 22.2 Å². The minimum Gasteiger partial charge on any atom is -0.461 e. The number of ether oxygens (including phenoxy) is 1. The fraction of sp³-hybridized carbons (Fsp3) is 0.273. The Morgan fingerprint density at radius 1 is 1.19 bits per heavy atom. The second-order valence-corrected chi connectivity index (χ2v) is 8.78. The van der Waals surface area contributed by atoms with Gasteiger partial charge in [0.25, 0.3) is 5.56 Å². The molecule has 7 nitrogen and oxygen atoms in total. The van der Waals surface area contributed by atoms with E-state index in [0.29, 0.717) is 21.8 Å². The Morgan fingerprint density at radius 3 is 2.68 bits per heavy atom. The lowest BCUT2D eigenvalue weighted by molar-refractivity contribution is -0.145. The first-order valence-electron chi connectivity index (χ1n) is 9.77. The highest BCUT2D eigenvalue weighted by molar-refractivity contribution is 7.18. The molecule has 0 aliphatic heterocycles. The van der Waals surface area contributed by atoms with E-state index in [2.05, 4.69) is 10.1 Å². The molecule has 4 aromatic rings. The molecule has 1 aromatic carbocycles. The summed E-state index contributed by atoms with van der Waals surface area (Å²) < 4.78 is 8.47. The molecule has 0 saturated heterocycles. The third-order valence-electron chi connectivity index (χ3n) is 5.21. The molecule has 0 aliphatic carbocycles. The van der Waals surface area contributed by atoms with E-state index in [1.807, 2.05) is 51.1 Å². The molecule has 0 amide bonds. The Balaban J connectivity index is 1.42. The Hall–Kier alpha value is -2.97. The van der Waals surface area contributed by atoms with Crippen LogP contribution in [-0.4, -0.2) is 25.3 Å². The van der Waals surface area contributed by atoms with Crippen LogP contribution in [0, 0.1) is 20.8 Å². The van der Waals surface area contributed by atoms with Crippen molar-refractivity contribution in [1.29, 1.82) is 0 Å². The van der Waals surface area contributed by atoms with E-state index < -0.39 is 5.97 Å². The second kappa shape index (κ2) is 8.64. The molecule has 0 spiro atoms. The number of rotatable bonds is 6. The molecule has 4 rings (SSSR count). The van der Waals surface area contributed by atoms with Gasteiger partial charge in [0, 0.05) is 17.0 Å². The number of nitrogens with zero attached hydrogens (tertiary/aromatic N) is 4. The lowest BCUT2D eigenvalue weighted by Gasteiger charge is -2.07. The Bertz CT molecular complexity index is 1320. The number of esters is 1. The van der Waals surface area contributed by atoms with Gasteiger partial charge in [0.1, 0.15) is 16.6 Å². The molecule has 3 aromatic heterocycles. The number of thiophene rings is 1. The molecule has 3 heterocycles. The number of para-hydroxylation sites is 1. The van der Waals surface area contributed by atoms with Gasteiger partial charge in [-0.1, -0.05) is 29.8 Å². The van der Waals surface area contributed by atoms with Gasteiger partial charge in [-0.2, -0.15) is 5.10 Å². The quantitative estimate of drug-likeness (QED) is 0.403. The Morgan fingerprint density at radius 2 is 1.94 bits per heavy atom. The monoisotopic (exact) mass is 456 g/mol. The number of benzene rings is 1. The summed E-state index contributed by atoms with van der Waals surface area (Å²) in [5.41, 5.74) is 2.98. The topological polar surface area (TPSA) is 79.0 Å². The fourth-order valence-corrected chi connectivity index (χ4v) is 4.62. The normalized spacial score (nSPS) is 11.2. The number of aromatic nitrogens is 4. The van der Waals surface area contributed by atoms with Crippen molar-refractivity contribution in [1.82, 2.24) is 19.3 Å². The van der Waals surface area contributed by atoms with Gasteiger partial charge in [-0.05, 0) is 38.5 Å². The number of carbonyl (C=O) groups is 1. The van der Waals surface area contributed by atoms with Crippen LogP contribution in [-0.2, 0) is 22.7 Å². The van der Waals surface area contributed by atoms with Crippen LogP contribution in [0.1, 0.15) is 28.1 Å². The highest BCUT2D eigenvalue weighted by atomic mass is 35.5. The van der Waals surface area contributed by atoms with Gasteiger partial charge in [-0.15, -0.1) is 11.3 Å². The summed E-state index contributed by atoms with van der Waals surface area (Å²) in [4.78, 5) is 31.2. The number of hydrogen-bond acceptors (Lipinski definition) is 6. The molecule has 0 atom stereocenters. The number of hydrogen-bond donors (Lipinski definition) is 0. The Labute approximate surface area is 187 Å². The van der Waals surface area contributed by atoms with Crippen molar-refractivity contribution < 1.29 is 9.53 Å². The zero-order chi connectivity index (χ0) is 22.1. The predicted molar refractivity (Wildman–Crippen MR) is 121 cm³/mol. The van der Waals surface area contributed by atoms with Crippen molar-refractivity contribution in [2.75, 3.05) is 0 Å².